The standard InChI is InChI=1S/C16H25BrO/c1-2-3-4-5-6-9-14(13-18)12-15-10-7-8-11-16(15)17/h7-8,10-11,14,18H,2-6,9,12-13H2,1H3. The molecule has 102 valence electrons. The summed E-state index contributed by atoms with van der Waals surface area (Å²) in [7, 11) is 0. The first kappa shape index (κ1) is 15.7. The van der Waals surface area contributed by atoms with Gasteiger partial charge in [-0.05, 0) is 30.4 Å². The number of aliphatic hydroxyl groups is 1. The number of benzene rings is 1. The van der Waals surface area contributed by atoms with Gasteiger partial charge >= 0.3 is 0 Å². The first-order valence-corrected chi connectivity index (χ1v) is 7.91. The second kappa shape index (κ2) is 9.57. The summed E-state index contributed by atoms with van der Waals surface area (Å²) >= 11 is 3.57. The Morgan fingerprint density at radius 3 is 2.50 bits per heavy atom. The highest BCUT2D eigenvalue weighted by Gasteiger charge is 2.10. The van der Waals surface area contributed by atoms with Crippen molar-refractivity contribution in [2.24, 2.45) is 5.92 Å². The van der Waals surface area contributed by atoms with Gasteiger partial charge in [0.05, 0.1) is 0 Å². The predicted octanol–water partition coefficient (Wildman–Crippen LogP) is 4.96. The van der Waals surface area contributed by atoms with E-state index >= 15 is 0 Å². The molecule has 0 heterocycles. The Morgan fingerprint density at radius 2 is 1.83 bits per heavy atom. The second-order valence-corrected chi connectivity index (χ2v) is 5.90. The van der Waals surface area contributed by atoms with E-state index in [0.717, 1.165) is 17.3 Å². The minimum Gasteiger partial charge on any atom is -0.396 e. The van der Waals surface area contributed by atoms with E-state index in [2.05, 4.69) is 41.1 Å². The van der Waals surface area contributed by atoms with Crippen molar-refractivity contribution in [3.63, 3.8) is 0 Å². The quantitative estimate of drug-likeness (QED) is 0.639. The van der Waals surface area contributed by atoms with Crippen molar-refractivity contribution < 1.29 is 5.11 Å². The Labute approximate surface area is 120 Å². The van der Waals surface area contributed by atoms with Crippen LogP contribution in [0.3, 0.4) is 0 Å². The molecule has 0 amide bonds. The fourth-order valence-electron chi connectivity index (χ4n) is 2.27. The van der Waals surface area contributed by atoms with Crippen molar-refractivity contribution in [2.45, 2.75) is 51.9 Å². The van der Waals surface area contributed by atoms with Crippen LogP contribution in [0.5, 0.6) is 0 Å². The Bertz CT molecular complexity index is 325. The van der Waals surface area contributed by atoms with Crippen LogP contribution in [0.2, 0.25) is 0 Å². The molecule has 0 saturated heterocycles. The Kier molecular flexibility index (Phi) is 8.36. The monoisotopic (exact) mass is 312 g/mol. The zero-order valence-corrected chi connectivity index (χ0v) is 13.0. The Hall–Kier alpha value is -0.340. The smallest absolute Gasteiger partial charge is 0.0462 e. The van der Waals surface area contributed by atoms with Crippen LogP contribution in [0.25, 0.3) is 0 Å². The molecule has 0 bridgehead atoms. The Morgan fingerprint density at radius 1 is 1.11 bits per heavy atom. The van der Waals surface area contributed by atoms with Crippen LogP contribution in [0.1, 0.15) is 51.0 Å². The van der Waals surface area contributed by atoms with Crippen LogP contribution >= 0.6 is 15.9 Å². The maximum atomic E-state index is 9.47. The second-order valence-electron chi connectivity index (χ2n) is 5.05. The molecule has 0 radical (unpaired) electrons. The van der Waals surface area contributed by atoms with Crippen LogP contribution in [0.4, 0.5) is 0 Å². The molecular formula is C16H25BrO. The van der Waals surface area contributed by atoms with E-state index in [9.17, 15) is 5.11 Å². The molecule has 1 N–H and O–H groups in total. The molecule has 0 fully saturated rings. The maximum absolute atomic E-state index is 9.47. The van der Waals surface area contributed by atoms with E-state index in [4.69, 9.17) is 0 Å². The van der Waals surface area contributed by atoms with Gasteiger partial charge in [-0.2, -0.15) is 0 Å². The van der Waals surface area contributed by atoms with Crippen molar-refractivity contribution in [3.8, 4) is 0 Å². The van der Waals surface area contributed by atoms with E-state index in [1.807, 2.05) is 6.07 Å². The molecule has 0 saturated carbocycles. The first-order chi connectivity index (χ1) is 8.77. The van der Waals surface area contributed by atoms with Crippen LogP contribution in [0, 0.1) is 5.92 Å². The van der Waals surface area contributed by atoms with Crippen LogP contribution in [-0.4, -0.2) is 11.7 Å². The number of hydrogen-bond acceptors (Lipinski definition) is 1. The molecular weight excluding hydrogens is 288 g/mol. The molecule has 0 aliphatic rings. The van der Waals surface area contributed by atoms with Crippen LogP contribution in [0.15, 0.2) is 28.7 Å². The van der Waals surface area contributed by atoms with E-state index in [1.54, 1.807) is 0 Å². The van der Waals surface area contributed by atoms with Gasteiger partial charge in [-0.1, -0.05) is 73.2 Å². The lowest BCUT2D eigenvalue weighted by Crippen LogP contribution is -2.10. The summed E-state index contributed by atoms with van der Waals surface area (Å²) in [6.07, 6.45) is 8.64. The molecule has 1 aromatic rings. The van der Waals surface area contributed by atoms with Crippen molar-refractivity contribution in [2.75, 3.05) is 6.61 Å². The number of aliphatic hydroxyl groups excluding tert-OH is 1. The summed E-state index contributed by atoms with van der Waals surface area (Å²) in [6.45, 7) is 2.54. The highest BCUT2D eigenvalue weighted by atomic mass is 79.9. The van der Waals surface area contributed by atoms with Crippen LogP contribution in [-0.2, 0) is 6.42 Å². The molecule has 1 atom stereocenters. The van der Waals surface area contributed by atoms with E-state index < -0.39 is 0 Å². The molecule has 1 aromatic carbocycles. The molecule has 1 unspecified atom stereocenters. The van der Waals surface area contributed by atoms with Gasteiger partial charge in [-0.3, -0.25) is 0 Å². The zero-order valence-electron chi connectivity index (χ0n) is 11.4. The SMILES string of the molecule is CCCCCCCC(CO)Cc1ccccc1Br. The fourth-order valence-corrected chi connectivity index (χ4v) is 2.72. The molecule has 1 nitrogen and oxygen atoms in total. The average molecular weight is 313 g/mol. The highest BCUT2D eigenvalue weighted by Crippen LogP contribution is 2.22. The normalized spacial score (nSPS) is 12.6. The fraction of sp³-hybridized carbons (Fsp3) is 0.625. The molecule has 0 aromatic heterocycles. The van der Waals surface area contributed by atoms with Crippen molar-refractivity contribution in [3.05, 3.63) is 34.3 Å². The molecule has 0 aliphatic heterocycles. The first-order valence-electron chi connectivity index (χ1n) is 7.12. The van der Waals surface area contributed by atoms with E-state index in [1.165, 1.54) is 37.7 Å². The minimum absolute atomic E-state index is 0.301. The summed E-state index contributed by atoms with van der Waals surface area (Å²) in [5.41, 5.74) is 1.31. The lowest BCUT2D eigenvalue weighted by Gasteiger charge is -2.15. The van der Waals surface area contributed by atoms with Crippen molar-refractivity contribution >= 4 is 15.9 Å². The predicted molar refractivity (Wildman–Crippen MR) is 81.8 cm³/mol. The average Bonchev–Trinajstić information content (AvgIpc) is 2.39. The van der Waals surface area contributed by atoms with Gasteiger partial charge in [-0.25, -0.2) is 0 Å². The summed E-state index contributed by atoms with van der Waals surface area (Å²) in [5, 5.41) is 9.47. The third-order valence-electron chi connectivity index (χ3n) is 3.44. The highest BCUT2D eigenvalue weighted by molar-refractivity contribution is 9.10. The van der Waals surface area contributed by atoms with Gasteiger partial charge in [0.15, 0.2) is 0 Å². The van der Waals surface area contributed by atoms with Crippen molar-refractivity contribution in [1.82, 2.24) is 0 Å². The number of unbranched alkanes of at least 4 members (excludes halogenated alkanes) is 4. The van der Waals surface area contributed by atoms with E-state index in [-0.39, 0.29) is 0 Å². The minimum atomic E-state index is 0.301. The summed E-state index contributed by atoms with van der Waals surface area (Å²) in [6, 6.07) is 8.32. The number of hydrogen-bond donors (Lipinski definition) is 1. The third-order valence-corrected chi connectivity index (χ3v) is 4.21. The Balaban J connectivity index is 2.31. The summed E-state index contributed by atoms with van der Waals surface area (Å²) in [4.78, 5) is 0. The zero-order chi connectivity index (χ0) is 13.2. The topological polar surface area (TPSA) is 20.2 Å². The van der Waals surface area contributed by atoms with Gasteiger partial charge in [0.2, 0.25) is 0 Å². The van der Waals surface area contributed by atoms with Gasteiger partial charge in [-0.15, -0.1) is 0 Å². The van der Waals surface area contributed by atoms with Gasteiger partial charge < -0.3 is 5.11 Å². The molecule has 1 rings (SSSR count). The van der Waals surface area contributed by atoms with E-state index in [0.29, 0.717) is 12.5 Å². The molecule has 18 heavy (non-hydrogen) atoms. The van der Waals surface area contributed by atoms with Crippen LogP contribution < -0.4 is 0 Å². The van der Waals surface area contributed by atoms with Gasteiger partial charge in [0.25, 0.3) is 0 Å². The lowest BCUT2D eigenvalue weighted by molar-refractivity contribution is 0.214. The largest absolute Gasteiger partial charge is 0.396 e. The molecule has 0 spiro atoms. The van der Waals surface area contributed by atoms with Gasteiger partial charge in [0.1, 0.15) is 0 Å². The summed E-state index contributed by atoms with van der Waals surface area (Å²) < 4.78 is 1.16. The molecule has 0 aliphatic carbocycles. The maximum Gasteiger partial charge on any atom is 0.0462 e. The lowest BCUT2D eigenvalue weighted by atomic mass is 9.94. The van der Waals surface area contributed by atoms with Gasteiger partial charge in [0, 0.05) is 11.1 Å². The third kappa shape index (κ3) is 6.01. The number of halogens is 1. The summed E-state index contributed by atoms with van der Waals surface area (Å²) in [5.74, 6) is 0.408. The number of rotatable bonds is 9. The molecule has 2 heteroatoms. The van der Waals surface area contributed by atoms with Crippen molar-refractivity contribution in [1.29, 1.82) is 0 Å².